The first kappa shape index (κ1) is 10.2. The molecule has 0 amide bonds. The van der Waals surface area contributed by atoms with Crippen molar-refractivity contribution in [1.82, 2.24) is 0 Å². The minimum absolute atomic E-state index is 0.127. The fourth-order valence-electron chi connectivity index (χ4n) is 0.907. The average Bonchev–Trinajstić information content (AvgIpc) is 2.12. The van der Waals surface area contributed by atoms with E-state index >= 15 is 0 Å². The summed E-state index contributed by atoms with van der Waals surface area (Å²) in [6.45, 7) is 0. The Morgan fingerprint density at radius 2 is 1.92 bits per heavy atom. The molecule has 1 aromatic rings. The van der Waals surface area contributed by atoms with Gasteiger partial charge in [0, 0.05) is 5.56 Å². The summed E-state index contributed by atoms with van der Waals surface area (Å²) in [4.78, 5) is 0. The van der Waals surface area contributed by atoms with E-state index in [1.807, 2.05) is 0 Å². The maximum atomic E-state index is 13.1. The Labute approximate surface area is 78.1 Å². The molecule has 0 heterocycles. The van der Waals surface area contributed by atoms with Crippen molar-refractivity contribution >= 4 is 11.6 Å². The summed E-state index contributed by atoms with van der Waals surface area (Å²) in [7, 11) is 1.05. The molecule has 1 aromatic carbocycles. The lowest BCUT2D eigenvalue weighted by Gasteiger charge is -2.06. The number of alkyl halides is 1. The minimum atomic E-state index is -1.34. The number of hydrogen-bond acceptors (Lipinski definition) is 1. The third-order valence-corrected chi connectivity index (χ3v) is 1.83. The summed E-state index contributed by atoms with van der Waals surface area (Å²) in [6.07, 6.45) is 0. The second kappa shape index (κ2) is 3.87. The molecule has 0 saturated heterocycles. The lowest BCUT2D eigenvalue weighted by Crippen LogP contribution is -1.99. The maximum Gasteiger partial charge on any atom is 0.203 e. The quantitative estimate of drug-likeness (QED) is 0.539. The van der Waals surface area contributed by atoms with Gasteiger partial charge in [0.05, 0.1) is 13.0 Å². The first-order valence-electron chi connectivity index (χ1n) is 3.38. The van der Waals surface area contributed by atoms with Crippen molar-refractivity contribution in [2.75, 3.05) is 7.11 Å². The monoisotopic (exact) mass is 210 g/mol. The van der Waals surface area contributed by atoms with Crippen molar-refractivity contribution < 1.29 is 17.9 Å². The van der Waals surface area contributed by atoms with Crippen LogP contribution >= 0.6 is 11.6 Å². The van der Waals surface area contributed by atoms with E-state index in [0.717, 1.165) is 7.11 Å². The Hall–Kier alpha value is -0.900. The molecule has 0 fully saturated rings. The summed E-state index contributed by atoms with van der Waals surface area (Å²) in [6, 6.07) is 0.709. The van der Waals surface area contributed by atoms with Gasteiger partial charge in [-0.1, -0.05) is 0 Å². The third-order valence-electron chi connectivity index (χ3n) is 1.54. The summed E-state index contributed by atoms with van der Waals surface area (Å²) >= 11 is 5.30. The van der Waals surface area contributed by atoms with Crippen LogP contribution in [0.5, 0.6) is 5.75 Å². The molecule has 0 N–H and O–H groups in total. The normalized spacial score (nSPS) is 10.2. The van der Waals surface area contributed by atoms with Gasteiger partial charge in [-0.25, -0.2) is 8.78 Å². The molecule has 1 nitrogen and oxygen atoms in total. The number of benzene rings is 1. The van der Waals surface area contributed by atoms with Crippen LogP contribution in [0.15, 0.2) is 6.07 Å². The second-order valence-electron chi connectivity index (χ2n) is 2.31. The van der Waals surface area contributed by atoms with Crippen LogP contribution in [0.25, 0.3) is 0 Å². The predicted molar refractivity (Wildman–Crippen MR) is 42.4 cm³/mol. The van der Waals surface area contributed by atoms with Crippen LogP contribution in [0.1, 0.15) is 5.56 Å². The van der Waals surface area contributed by atoms with Gasteiger partial charge in [-0.15, -0.1) is 11.6 Å². The standard InChI is InChI=1S/C8H6ClF3O/c1-13-8-6(11)4(3-9)2-5(10)7(8)12/h2H,3H2,1H3. The molecular weight excluding hydrogens is 205 g/mol. The molecule has 0 spiro atoms. The largest absolute Gasteiger partial charge is 0.491 e. The van der Waals surface area contributed by atoms with Crippen LogP contribution in [0, 0.1) is 17.5 Å². The molecule has 0 atom stereocenters. The number of rotatable bonds is 2. The van der Waals surface area contributed by atoms with Gasteiger partial charge in [0.25, 0.3) is 0 Å². The molecule has 0 unspecified atom stereocenters. The highest BCUT2D eigenvalue weighted by Gasteiger charge is 2.18. The fraction of sp³-hybridized carbons (Fsp3) is 0.250. The van der Waals surface area contributed by atoms with Crippen LogP contribution in [0.4, 0.5) is 13.2 Å². The van der Waals surface area contributed by atoms with Crippen molar-refractivity contribution in [2.24, 2.45) is 0 Å². The molecule has 0 aromatic heterocycles. The van der Waals surface area contributed by atoms with E-state index in [0.29, 0.717) is 6.07 Å². The Morgan fingerprint density at radius 3 is 2.38 bits per heavy atom. The van der Waals surface area contributed by atoms with E-state index in [1.165, 1.54) is 0 Å². The van der Waals surface area contributed by atoms with Gasteiger partial charge in [0.2, 0.25) is 5.82 Å². The molecule has 5 heteroatoms. The molecule has 13 heavy (non-hydrogen) atoms. The van der Waals surface area contributed by atoms with Crippen molar-refractivity contribution in [3.63, 3.8) is 0 Å². The lowest BCUT2D eigenvalue weighted by atomic mass is 10.2. The molecule has 72 valence electrons. The van der Waals surface area contributed by atoms with Gasteiger partial charge >= 0.3 is 0 Å². The molecule has 0 saturated carbocycles. The van der Waals surface area contributed by atoms with Crippen molar-refractivity contribution in [3.8, 4) is 5.75 Å². The van der Waals surface area contributed by atoms with E-state index in [9.17, 15) is 13.2 Å². The zero-order valence-corrected chi connectivity index (χ0v) is 7.46. The summed E-state index contributed by atoms with van der Waals surface area (Å²) in [5.41, 5.74) is -0.127. The molecular formula is C8H6ClF3O. The minimum Gasteiger partial charge on any atom is -0.491 e. The van der Waals surface area contributed by atoms with E-state index in [-0.39, 0.29) is 11.4 Å². The van der Waals surface area contributed by atoms with Crippen LogP contribution in [-0.4, -0.2) is 7.11 Å². The highest BCUT2D eigenvalue weighted by atomic mass is 35.5. The van der Waals surface area contributed by atoms with Gasteiger partial charge in [0.15, 0.2) is 17.4 Å². The SMILES string of the molecule is COc1c(F)c(F)cc(CCl)c1F. The highest BCUT2D eigenvalue weighted by Crippen LogP contribution is 2.27. The summed E-state index contributed by atoms with van der Waals surface area (Å²) in [5, 5.41) is 0. The van der Waals surface area contributed by atoms with E-state index in [4.69, 9.17) is 11.6 Å². The van der Waals surface area contributed by atoms with Crippen molar-refractivity contribution in [1.29, 1.82) is 0 Å². The Morgan fingerprint density at radius 1 is 1.31 bits per heavy atom. The maximum absolute atomic E-state index is 13.1. The lowest BCUT2D eigenvalue weighted by molar-refractivity contribution is 0.345. The smallest absolute Gasteiger partial charge is 0.203 e. The van der Waals surface area contributed by atoms with Gasteiger partial charge < -0.3 is 4.74 Å². The Bertz CT molecular complexity index is 328. The first-order valence-corrected chi connectivity index (χ1v) is 3.91. The molecule has 0 aliphatic heterocycles. The van der Waals surface area contributed by atoms with Gasteiger partial charge in [0.1, 0.15) is 0 Å². The van der Waals surface area contributed by atoms with E-state index in [2.05, 4.69) is 4.74 Å². The second-order valence-corrected chi connectivity index (χ2v) is 2.58. The zero-order valence-electron chi connectivity index (χ0n) is 6.70. The number of hydrogen-bond donors (Lipinski definition) is 0. The van der Waals surface area contributed by atoms with Crippen molar-refractivity contribution in [3.05, 3.63) is 29.1 Å². The topological polar surface area (TPSA) is 9.23 Å². The molecule has 0 radical (unpaired) electrons. The predicted octanol–water partition coefficient (Wildman–Crippen LogP) is 2.85. The van der Waals surface area contributed by atoms with Crippen LogP contribution in [0.2, 0.25) is 0 Å². The molecule has 0 aliphatic carbocycles. The van der Waals surface area contributed by atoms with Crippen LogP contribution in [-0.2, 0) is 5.88 Å². The first-order chi connectivity index (χ1) is 6.11. The van der Waals surface area contributed by atoms with Gasteiger partial charge in [-0.3, -0.25) is 0 Å². The summed E-state index contributed by atoms with van der Waals surface area (Å²) < 4.78 is 43.0. The summed E-state index contributed by atoms with van der Waals surface area (Å²) in [5.74, 6) is -4.45. The van der Waals surface area contributed by atoms with Gasteiger partial charge in [-0.05, 0) is 6.07 Å². The zero-order chi connectivity index (χ0) is 10.0. The third kappa shape index (κ3) is 1.72. The molecule has 1 rings (SSSR count). The number of methoxy groups -OCH3 is 1. The molecule has 0 aliphatic rings. The number of ether oxygens (including phenoxy) is 1. The van der Waals surface area contributed by atoms with E-state index in [1.54, 1.807) is 0 Å². The molecule has 0 bridgehead atoms. The number of halogens is 4. The van der Waals surface area contributed by atoms with Crippen LogP contribution in [0.3, 0.4) is 0 Å². The average molecular weight is 211 g/mol. The Kier molecular flexibility index (Phi) is 3.03. The highest BCUT2D eigenvalue weighted by molar-refractivity contribution is 6.17. The van der Waals surface area contributed by atoms with Crippen LogP contribution < -0.4 is 4.74 Å². The fourth-order valence-corrected chi connectivity index (χ4v) is 1.10. The van der Waals surface area contributed by atoms with Crippen molar-refractivity contribution in [2.45, 2.75) is 5.88 Å². The van der Waals surface area contributed by atoms with E-state index < -0.39 is 23.2 Å². The Balaban J connectivity index is 3.39. The van der Waals surface area contributed by atoms with Gasteiger partial charge in [-0.2, -0.15) is 4.39 Å².